The Morgan fingerprint density at radius 1 is 1.57 bits per heavy atom. The molecule has 0 atom stereocenters. The maximum Gasteiger partial charge on any atom is 0.230 e. The predicted octanol–water partition coefficient (Wildman–Crippen LogP) is -0.548. The fourth-order valence-electron chi connectivity index (χ4n) is 0.647. The molecule has 0 aliphatic heterocycles. The number of carbonyl (C=O) groups excluding carboxylic acids is 1. The minimum absolute atomic E-state index is 0.0658. The Kier molecular flexibility index (Phi) is 5.70. The molecule has 0 heterocycles. The molecule has 0 saturated carbocycles. The molecule has 0 aromatic rings. The van der Waals surface area contributed by atoms with Gasteiger partial charge < -0.3 is 16.8 Å². The number of thioether (sulfide) groups is 1. The quantitative estimate of drug-likeness (QED) is 0.375. The van der Waals surface area contributed by atoms with Gasteiger partial charge in [0.05, 0.1) is 5.75 Å². The smallest absolute Gasteiger partial charge is 0.230 e. The van der Waals surface area contributed by atoms with E-state index in [1.165, 1.54) is 0 Å². The highest BCUT2D eigenvalue weighted by Crippen LogP contribution is 2.02. The van der Waals surface area contributed by atoms with Crippen LogP contribution in [0.25, 0.3) is 0 Å². The molecule has 0 bridgehead atoms. The molecule has 6 nitrogen and oxygen atoms in total. The molecule has 0 spiro atoms. The summed E-state index contributed by atoms with van der Waals surface area (Å²) in [6, 6.07) is 0.0976. The van der Waals surface area contributed by atoms with Crippen molar-refractivity contribution in [2.24, 2.45) is 16.5 Å². The number of carbonyl (C=O) groups is 1. The molecule has 0 unspecified atom stereocenters. The molecule has 0 aliphatic rings. The van der Waals surface area contributed by atoms with Crippen LogP contribution in [0, 0.1) is 5.41 Å². The summed E-state index contributed by atoms with van der Waals surface area (Å²) >= 11 is 0.979. The Morgan fingerprint density at radius 2 is 2.14 bits per heavy atom. The number of hydrogen-bond acceptors (Lipinski definition) is 3. The van der Waals surface area contributed by atoms with E-state index >= 15 is 0 Å². The van der Waals surface area contributed by atoms with Gasteiger partial charge in [0, 0.05) is 6.04 Å². The molecule has 0 rings (SSSR count). The summed E-state index contributed by atoms with van der Waals surface area (Å²) in [5.74, 6) is -0.166. The Bertz CT molecular complexity index is 246. The van der Waals surface area contributed by atoms with Crippen molar-refractivity contribution < 1.29 is 4.79 Å². The molecule has 0 aromatic carbocycles. The van der Waals surface area contributed by atoms with Crippen molar-refractivity contribution in [1.82, 2.24) is 5.32 Å². The van der Waals surface area contributed by atoms with E-state index in [1.54, 1.807) is 0 Å². The predicted molar refractivity (Wildman–Crippen MR) is 59.3 cm³/mol. The monoisotopic (exact) mass is 217 g/mol. The van der Waals surface area contributed by atoms with Gasteiger partial charge in [-0.05, 0) is 13.8 Å². The van der Waals surface area contributed by atoms with Crippen LogP contribution in [0.15, 0.2) is 4.99 Å². The summed E-state index contributed by atoms with van der Waals surface area (Å²) in [5, 5.41) is 9.85. The number of hydrogen-bond donors (Lipinski definition) is 4. The zero-order valence-electron chi connectivity index (χ0n) is 8.20. The van der Waals surface area contributed by atoms with Crippen LogP contribution in [0.1, 0.15) is 13.8 Å². The maximum atomic E-state index is 11.1. The van der Waals surface area contributed by atoms with Crippen LogP contribution in [0.4, 0.5) is 0 Å². The highest BCUT2D eigenvalue weighted by molar-refractivity contribution is 8.14. The molecule has 6 N–H and O–H groups in total. The molecule has 0 fully saturated rings. The highest BCUT2D eigenvalue weighted by Gasteiger charge is 2.05. The lowest BCUT2D eigenvalue weighted by Crippen LogP contribution is -2.32. The number of rotatable bonds is 3. The first-order valence-corrected chi connectivity index (χ1v) is 5.00. The van der Waals surface area contributed by atoms with Gasteiger partial charge >= 0.3 is 0 Å². The summed E-state index contributed by atoms with van der Waals surface area (Å²) in [7, 11) is 0. The van der Waals surface area contributed by atoms with Crippen LogP contribution in [0.2, 0.25) is 0 Å². The van der Waals surface area contributed by atoms with Gasteiger partial charge in [-0.25, -0.2) is 0 Å². The molecule has 0 aliphatic carbocycles. The summed E-state index contributed by atoms with van der Waals surface area (Å²) in [5.41, 5.74) is 10.1. The third-order valence-corrected chi connectivity index (χ3v) is 1.79. The Balaban J connectivity index is 3.78. The summed E-state index contributed by atoms with van der Waals surface area (Å²) < 4.78 is 0. The number of amides is 1. The number of guanidine groups is 1. The SMILES string of the molecule is CC(C)NC(=O)CSC(=N)N=C(N)N. The lowest BCUT2D eigenvalue weighted by atomic mass is 10.4. The first kappa shape index (κ1) is 12.8. The lowest BCUT2D eigenvalue weighted by molar-refractivity contribution is -0.119. The zero-order valence-corrected chi connectivity index (χ0v) is 9.02. The van der Waals surface area contributed by atoms with Crippen LogP contribution in [0.5, 0.6) is 0 Å². The minimum Gasteiger partial charge on any atom is -0.370 e. The molecular weight excluding hydrogens is 202 g/mol. The van der Waals surface area contributed by atoms with Crippen LogP contribution in [-0.2, 0) is 4.79 Å². The number of aliphatic imine (C=N–C) groups is 1. The van der Waals surface area contributed by atoms with Crippen molar-refractivity contribution in [3.05, 3.63) is 0 Å². The van der Waals surface area contributed by atoms with E-state index in [1.807, 2.05) is 13.8 Å². The van der Waals surface area contributed by atoms with Gasteiger partial charge in [-0.15, -0.1) is 0 Å². The Hall–Kier alpha value is -1.24. The van der Waals surface area contributed by atoms with Gasteiger partial charge in [-0.3, -0.25) is 10.2 Å². The summed E-state index contributed by atoms with van der Waals surface area (Å²) in [6.07, 6.45) is 0. The van der Waals surface area contributed by atoms with Crippen molar-refractivity contribution in [2.75, 3.05) is 5.75 Å². The average molecular weight is 217 g/mol. The number of nitrogens with zero attached hydrogens (tertiary/aromatic N) is 1. The van der Waals surface area contributed by atoms with Crippen molar-refractivity contribution in [1.29, 1.82) is 5.41 Å². The van der Waals surface area contributed by atoms with E-state index in [4.69, 9.17) is 16.9 Å². The average Bonchev–Trinajstić information content (AvgIpc) is 1.98. The summed E-state index contributed by atoms with van der Waals surface area (Å²) in [6.45, 7) is 3.73. The summed E-state index contributed by atoms with van der Waals surface area (Å²) in [4.78, 5) is 14.6. The van der Waals surface area contributed by atoms with Crippen molar-refractivity contribution in [3.63, 3.8) is 0 Å². The minimum atomic E-state index is -0.174. The van der Waals surface area contributed by atoms with Crippen molar-refractivity contribution in [3.8, 4) is 0 Å². The molecule has 0 aromatic heterocycles. The van der Waals surface area contributed by atoms with E-state index < -0.39 is 0 Å². The van der Waals surface area contributed by atoms with Gasteiger partial charge in [0.2, 0.25) is 5.91 Å². The molecule has 14 heavy (non-hydrogen) atoms. The molecule has 0 saturated heterocycles. The normalized spacial score (nSPS) is 9.64. The molecule has 7 heteroatoms. The van der Waals surface area contributed by atoms with Crippen LogP contribution in [-0.4, -0.2) is 28.8 Å². The van der Waals surface area contributed by atoms with Crippen molar-refractivity contribution >= 4 is 28.8 Å². The largest absolute Gasteiger partial charge is 0.370 e. The van der Waals surface area contributed by atoms with E-state index in [9.17, 15) is 4.79 Å². The standard InChI is InChI=1S/C7H15N5OS/c1-4(2)11-5(13)3-14-7(10)12-6(8)9/h4H,3H2,1-2H3,(H,11,13)(H5,8,9,10,12). The van der Waals surface area contributed by atoms with Crippen LogP contribution < -0.4 is 16.8 Å². The molecular formula is C7H15N5OS. The van der Waals surface area contributed by atoms with E-state index in [0.717, 1.165) is 11.8 Å². The van der Waals surface area contributed by atoms with E-state index in [2.05, 4.69) is 10.3 Å². The lowest BCUT2D eigenvalue weighted by Gasteiger charge is -2.06. The van der Waals surface area contributed by atoms with Gasteiger partial charge in [0.25, 0.3) is 0 Å². The second kappa shape index (κ2) is 6.25. The zero-order chi connectivity index (χ0) is 11.1. The topological polar surface area (TPSA) is 117 Å². The number of amidine groups is 1. The first-order valence-electron chi connectivity index (χ1n) is 4.02. The third-order valence-electron chi connectivity index (χ3n) is 1.02. The fraction of sp³-hybridized carbons (Fsp3) is 0.571. The first-order chi connectivity index (χ1) is 6.41. The fourth-order valence-corrected chi connectivity index (χ4v) is 1.17. The second-order valence-electron chi connectivity index (χ2n) is 2.85. The molecule has 1 amide bonds. The van der Waals surface area contributed by atoms with Gasteiger partial charge in [-0.2, -0.15) is 4.99 Å². The highest BCUT2D eigenvalue weighted by atomic mass is 32.2. The van der Waals surface area contributed by atoms with E-state index in [0.29, 0.717) is 0 Å². The number of nitrogens with one attached hydrogen (secondary N) is 2. The van der Waals surface area contributed by atoms with Gasteiger partial charge in [-0.1, -0.05) is 11.8 Å². The molecule has 80 valence electrons. The second-order valence-corrected chi connectivity index (χ2v) is 3.82. The maximum absolute atomic E-state index is 11.1. The van der Waals surface area contributed by atoms with E-state index in [-0.39, 0.29) is 28.8 Å². The Morgan fingerprint density at radius 3 is 2.57 bits per heavy atom. The van der Waals surface area contributed by atoms with Crippen molar-refractivity contribution in [2.45, 2.75) is 19.9 Å². The molecule has 0 radical (unpaired) electrons. The van der Waals surface area contributed by atoms with Crippen LogP contribution in [0.3, 0.4) is 0 Å². The number of nitrogens with two attached hydrogens (primary N) is 2. The van der Waals surface area contributed by atoms with Crippen LogP contribution >= 0.6 is 11.8 Å². The van der Waals surface area contributed by atoms with Gasteiger partial charge in [0.1, 0.15) is 0 Å². The Labute approximate surface area is 87.0 Å². The van der Waals surface area contributed by atoms with Gasteiger partial charge in [0.15, 0.2) is 11.1 Å². The third kappa shape index (κ3) is 7.41.